The van der Waals surface area contributed by atoms with E-state index in [9.17, 15) is 9.59 Å². The lowest BCUT2D eigenvalue weighted by molar-refractivity contribution is -0.156. The van der Waals surface area contributed by atoms with Gasteiger partial charge in [0.2, 0.25) is 0 Å². The van der Waals surface area contributed by atoms with E-state index in [1.807, 2.05) is 0 Å². The van der Waals surface area contributed by atoms with Crippen LogP contribution in [0.5, 0.6) is 0 Å². The minimum atomic E-state index is -2.12. The molecule has 0 unspecified atom stereocenters. The summed E-state index contributed by atoms with van der Waals surface area (Å²) in [5.41, 5.74) is -1.82. The molecule has 0 aromatic heterocycles. The normalized spacial score (nSPS) is 25.0. The van der Waals surface area contributed by atoms with Crippen molar-refractivity contribution < 1.29 is 23.5 Å². The van der Waals surface area contributed by atoms with E-state index >= 15 is 0 Å². The Hall–Kier alpha value is -1.08. The molecule has 0 aromatic rings. The molecule has 146 valence electrons. The van der Waals surface area contributed by atoms with E-state index in [0.29, 0.717) is 13.0 Å². The van der Waals surface area contributed by atoms with Crippen molar-refractivity contribution in [2.75, 3.05) is 13.7 Å². The quantitative estimate of drug-likeness (QED) is 0.553. The summed E-state index contributed by atoms with van der Waals surface area (Å²) in [5, 5.41) is 0.00334. The molecule has 1 amide bonds. The minimum Gasteiger partial charge on any atom is -0.467 e. The van der Waals surface area contributed by atoms with Crippen molar-refractivity contribution >= 4 is 20.4 Å². The molecule has 1 fully saturated rings. The number of methoxy groups -OCH3 is 1. The molecule has 1 aliphatic heterocycles. The third-order valence-corrected chi connectivity index (χ3v) is 9.74. The topological polar surface area (TPSA) is 65.1 Å². The molecule has 0 bridgehead atoms. The second kappa shape index (κ2) is 6.91. The Morgan fingerprint density at radius 2 is 1.64 bits per heavy atom. The molecule has 1 heterocycles. The summed E-state index contributed by atoms with van der Waals surface area (Å²) >= 11 is 0. The van der Waals surface area contributed by atoms with E-state index in [4.69, 9.17) is 13.9 Å². The van der Waals surface area contributed by atoms with Crippen LogP contribution in [-0.2, 0) is 18.7 Å². The summed E-state index contributed by atoms with van der Waals surface area (Å²) < 4.78 is 17.0. The molecule has 0 spiro atoms. The Bertz CT molecular complexity index is 521. The monoisotopic (exact) mass is 373 g/mol. The van der Waals surface area contributed by atoms with Crippen molar-refractivity contribution in [1.29, 1.82) is 0 Å². The smallest absolute Gasteiger partial charge is 0.411 e. The maximum Gasteiger partial charge on any atom is 0.411 e. The Balaban J connectivity index is 3.17. The van der Waals surface area contributed by atoms with E-state index in [1.165, 1.54) is 12.0 Å². The Morgan fingerprint density at radius 1 is 1.12 bits per heavy atom. The van der Waals surface area contributed by atoms with Gasteiger partial charge in [-0.05, 0) is 52.2 Å². The van der Waals surface area contributed by atoms with Crippen LogP contribution < -0.4 is 0 Å². The first-order valence-corrected chi connectivity index (χ1v) is 11.7. The van der Waals surface area contributed by atoms with Crippen LogP contribution in [0.4, 0.5) is 4.79 Å². The number of rotatable bonds is 3. The fourth-order valence-electron chi connectivity index (χ4n) is 2.69. The van der Waals surface area contributed by atoms with Gasteiger partial charge in [0.25, 0.3) is 0 Å². The fraction of sp³-hybridized carbons (Fsp3) is 0.889. The standard InChI is InChI=1S/C18H35NO5Si/c1-16(2,3)23-15(21)19-12-11-13(18(19,7)14(20)22-8)24-25(9,10)17(4,5)6/h13H,11-12H2,1-10H3/t13-,18+/m0/s1. The molecule has 2 atom stereocenters. The average Bonchev–Trinajstić information content (AvgIpc) is 2.72. The number of amides is 1. The number of carbonyl (C=O) groups excluding carboxylic acids is 2. The molecule has 6 nitrogen and oxygen atoms in total. The molecule has 1 saturated heterocycles. The van der Waals surface area contributed by atoms with Crippen LogP contribution in [0.15, 0.2) is 0 Å². The number of nitrogens with zero attached hydrogens (tertiary/aromatic N) is 1. The molecule has 1 rings (SSSR count). The number of hydrogen-bond acceptors (Lipinski definition) is 5. The van der Waals surface area contributed by atoms with Gasteiger partial charge in [-0.1, -0.05) is 20.8 Å². The molecular weight excluding hydrogens is 338 g/mol. The minimum absolute atomic E-state index is 0.00334. The highest BCUT2D eigenvalue weighted by molar-refractivity contribution is 6.74. The van der Waals surface area contributed by atoms with Gasteiger partial charge in [0.1, 0.15) is 5.60 Å². The summed E-state index contributed by atoms with van der Waals surface area (Å²) in [6, 6.07) is 0. The van der Waals surface area contributed by atoms with Crippen LogP contribution in [-0.4, -0.2) is 56.2 Å². The van der Waals surface area contributed by atoms with Crippen molar-refractivity contribution in [3.05, 3.63) is 0 Å². The molecular formula is C18H35NO5Si. The molecule has 0 N–H and O–H groups in total. The summed E-state index contributed by atoms with van der Waals surface area (Å²) in [5.74, 6) is -0.473. The predicted molar refractivity (Wildman–Crippen MR) is 100 cm³/mol. The van der Waals surface area contributed by atoms with E-state index in [2.05, 4.69) is 33.9 Å². The summed E-state index contributed by atoms with van der Waals surface area (Å²) in [4.78, 5) is 26.7. The average molecular weight is 374 g/mol. The number of carbonyl (C=O) groups is 2. The maximum absolute atomic E-state index is 12.7. The lowest BCUT2D eigenvalue weighted by atomic mass is 9.96. The van der Waals surface area contributed by atoms with Crippen LogP contribution in [0.3, 0.4) is 0 Å². The second-order valence-corrected chi connectivity index (χ2v) is 14.2. The van der Waals surface area contributed by atoms with Crippen molar-refractivity contribution in [1.82, 2.24) is 4.90 Å². The summed E-state index contributed by atoms with van der Waals surface area (Å²) in [7, 11) is -0.779. The van der Waals surface area contributed by atoms with Crippen LogP contribution in [0.25, 0.3) is 0 Å². The maximum atomic E-state index is 12.7. The van der Waals surface area contributed by atoms with Crippen LogP contribution in [0.1, 0.15) is 54.9 Å². The van der Waals surface area contributed by atoms with Crippen LogP contribution in [0.2, 0.25) is 18.1 Å². The number of esters is 1. The predicted octanol–water partition coefficient (Wildman–Crippen LogP) is 3.95. The zero-order valence-electron chi connectivity index (χ0n) is 17.5. The van der Waals surface area contributed by atoms with Gasteiger partial charge in [-0.2, -0.15) is 0 Å². The second-order valence-electron chi connectivity index (χ2n) is 9.43. The highest BCUT2D eigenvalue weighted by atomic mass is 28.4. The van der Waals surface area contributed by atoms with E-state index in [1.54, 1.807) is 27.7 Å². The van der Waals surface area contributed by atoms with Crippen LogP contribution in [0, 0.1) is 0 Å². The van der Waals surface area contributed by atoms with Crippen molar-refractivity contribution in [2.45, 2.75) is 90.3 Å². The van der Waals surface area contributed by atoms with Gasteiger partial charge in [-0.3, -0.25) is 4.90 Å². The molecule has 25 heavy (non-hydrogen) atoms. The van der Waals surface area contributed by atoms with Gasteiger partial charge in [0, 0.05) is 6.54 Å². The SMILES string of the molecule is COC(=O)[C@@]1(C)[C@@H](O[Si](C)(C)C(C)(C)C)CCN1C(=O)OC(C)(C)C. The number of hydrogen-bond donors (Lipinski definition) is 0. The number of ether oxygens (including phenoxy) is 2. The molecule has 0 saturated carbocycles. The van der Waals surface area contributed by atoms with Gasteiger partial charge in [0.15, 0.2) is 13.9 Å². The lowest BCUT2D eigenvalue weighted by Crippen LogP contribution is -2.60. The molecule has 1 aliphatic rings. The molecule has 0 aliphatic carbocycles. The Morgan fingerprint density at radius 3 is 2.04 bits per heavy atom. The first-order valence-electron chi connectivity index (χ1n) is 8.83. The van der Waals surface area contributed by atoms with Crippen molar-refractivity contribution in [3.63, 3.8) is 0 Å². The van der Waals surface area contributed by atoms with E-state index in [0.717, 1.165) is 0 Å². The molecule has 0 radical (unpaired) electrons. The lowest BCUT2D eigenvalue weighted by Gasteiger charge is -2.43. The van der Waals surface area contributed by atoms with E-state index in [-0.39, 0.29) is 5.04 Å². The first-order chi connectivity index (χ1) is 11.1. The van der Waals surface area contributed by atoms with Gasteiger partial charge in [-0.25, -0.2) is 9.59 Å². The summed E-state index contributed by atoms with van der Waals surface area (Å²) in [6.07, 6.45) is -0.341. The third-order valence-electron chi connectivity index (χ3n) is 5.26. The zero-order chi connectivity index (χ0) is 19.8. The van der Waals surface area contributed by atoms with Gasteiger partial charge >= 0.3 is 12.1 Å². The van der Waals surface area contributed by atoms with Gasteiger partial charge < -0.3 is 13.9 Å². The first kappa shape index (κ1) is 22.0. The highest BCUT2D eigenvalue weighted by Gasteiger charge is 2.57. The number of likely N-dealkylation sites (tertiary alicyclic amines) is 1. The Labute approximate surface area is 153 Å². The van der Waals surface area contributed by atoms with E-state index < -0.39 is 37.6 Å². The zero-order valence-corrected chi connectivity index (χ0v) is 18.5. The molecule has 7 heteroatoms. The van der Waals surface area contributed by atoms with Crippen molar-refractivity contribution in [3.8, 4) is 0 Å². The largest absolute Gasteiger partial charge is 0.467 e. The summed E-state index contributed by atoms with van der Waals surface area (Å²) in [6.45, 7) is 18.3. The molecule has 0 aromatic carbocycles. The fourth-order valence-corrected chi connectivity index (χ4v) is 4.10. The third kappa shape index (κ3) is 4.56. The van der Waals surface area contributed by atoms with Crippen LogP contribution >= 0.6 is 0 Å². The Kier molecular flexibility index (Phi) is 6.07. The van der Waals surface area contributed by atoms with Crippen molar-refractivity contribution in [2.24, 2.45) is 0 Å². The van der Waals surface area contributed by atoms with Gasteiger partial charge in [-0.15, -0.1) is 0 Å². The van der Waals surface area contributed by atoms with Gasteiger partial charge in [0.05, 0.1) is 13.2 Å². The highest BCUT2D eigenvalue weighted by Crippen LogP contribution is 2.42.